The summed E-state index contributed by atoms with van der Waals surface area (Å²) in [6.45, 7) is 2.29. The third-order valence-electron chi connectivity index (χ3n) is 3.81. The van der Waals surface area contributed by atoms with E-state index in [4.69, 9.17) is 0 Å². The maximum atomic E-state index is 12.3. The van der Waals surface area contributed by atoms with Crippen LogP contribution < -0.4 is 5.32 Å². The average Bonchev–Trinajstić information content (AvgIpc) is 3.06. The molecule has 1 N–H and O–H groups in total. The van der Waals surface area contributed by atoms with Gasteiger partial charge in [-0.1, -0.05) is 6.07 Å². The lowest BCUT2D eigenvalue weighted by Gasteiger charge is -2.23. The van der Waals surface area contributed by atoms with E-state index in [1.54, 1.807) is 24.0 Å². The Balaban J connectivity index is 1.80. The summed E-state index contributed by atoms with van der Waals surface area (Å²) >= 11 is 0. The van der Waals surface area contributed by atoms with Crippen LogP contribution in [0.4, 0.5) is 5.82 Å². The zero-order valence-corrected chi connectivity index (χ0v) is 12.8. The number of nitrogens with zero attached hydrogens (tertiary/aromatic N) is 4. The van der Waals surface area contributed by atoms with Crippen LogP contribution in [0.1, 0.15) is 42.0 Å². The Bertz CT molecular complexity index is 719. The van der Waals surface area contributed by atoms with Gasteiger partial charge in [0.15, 0.2) is 5.82 Å². The molecule has 0 bridgehead atoms. The molecule has 1 atom stereocenters. The first kappa shape index (κ1) is 15.1. The Kier molecular flexibility index (Phi) is 4.27. The van der Waals surface area contributed by atoms with Gasteiger partial charge in [-0.3, -0.25) is 14.6 Å². The minimum absolute atomic E-state index is 0.0312. The topological polar surface area (TPSA) is 88.1 Å². The van der Waals surface area contributed by atoms with Crippen molar-refractivity contribution in [2.24, 2.45) is 0 Å². The fourth-order valence-corrected chi connectivity index (χ4v) is 2.76. The molecule has 7 nitrogen and oxygen atoms in total. The number of amides is 2. The summed E-state index contributed by atoms with van der Waals surface area (Å²) in [6, 6.07) is 5.22. The van der Waals surface area contributed by atoms with Crippen molar-refractivity contribution in [2.75, 3.05) is 11.9 Å². The Labute approximate surface area is 133 Å². The maximum absolute atomic E-state index is 12.3. The van der Waals surface area contributed by atoms with E-state index in [0.717, 1.165) is 25.1 Å². The van der Waals surface area contributed by atoms with Crippen LogP contribution in [-0.4, -0.2) is 38.2 Å². The molecular formula is C16H17N5O2. The number of hydrogen-bond donors (Lipinski definition) is 1. The number of hydrogen-bond acceptors (Lipinski definition) is 5. The van der Waals surface area contributed by atoms with Crippen LogP contribution >= 0.6 is 0 Å². The molecule has 0 radical (unpaired) electrons. The van der Waals surface area contributed by atoms with Crippen LogP contribution in [0.5, 0.6) is 0 Å². The number of carbonyl (C=O) groups is 2. The van der Waals surface area contributed by atoms with Gasteiger partial charge in [0.05, 0.1) is 17.9 Å². The molecule has 23 heavy (non-hydrogen) atoms. The van der Waals surface area contributed by atoms with Crippen molar-refractivity contribution in [3.8, 4) is 0 Å². The lowest BCUT2D eigenvalue weighted by atomic mass is 10.1. The molecule has 1 aliphatic rings. The molecule has 3 rings (SSSR count). The van der Waals surface area contributed by atoms with Crippen molar-refractivity contribution in [3.63, 3.8) is 0 Å². The Morgan fingerprint density at radius 1 is 1.30 bits per heavy atom. The van der Waals surface area contributed by atoms with E-state index in [-0.39, 0.29) is 17.9 Å². The number of anilines is 1. The van der Waals surface area contributed by atoms with Crippen LogP contribution in [0.15, 0.2) is 36.8 Å². The largest absolute Gasteiger partial charge is 0.334 e. The highest BCUT2D eigenvalue weighted by Gasteiger charge is 2.29. The van der Waals surface area contributed by atoms with Crippen LogP contribution in [0.3, 0.4) is 0 Å². The van der Waals surface area contributed by atoms with Gasteiger partial charge in [0.25, 0.3) is 5.91 Å². The van der Waals surface area contributed by atoms with Crippen LogP contribution in [0.25, 0.3) is 0 Å². The van der Waals surface area contributed by atoms with Gasteiger partial charge < -0.3 is 10.2 Å². The molecule has 0 aliphatic carbocycles. The van der Waals surface area contributed by atoms with Crippen molar-refractivity contribution in [1.82, 2.24) is 19.9 Å². The summed E-state index contributed by atoms with van der Waals surface area (Å²) in [5, 5.41) is 2.65. The smallest absolute Gasteiger partial charge is 0.275 e. The van der Waals surface area contributed by atoms with E-state index in [1.165, 1.54) is 18.6 Å². The second-order valence-corrected chi connectivity index (χ2v) is 5.36. The molecule has 2 aromatic heterocycles. The second kappa shape index (κ2) is 6.51. The second-order valence-electron chi connectivity index (χ2n) is 5.36. The lowest BCUT2D eigenvalue weighted by molar-refractivity contribution is -0.129. The number of carbonyl (C=O) groups excluding carboxylic acids is 2. The molecule has 2 aromatic rings. The van der Waals surface area contributed by atoms with Gasteiger partial charge in [0.1, 0.15) is 5.69 Å². The summed E-state index contributed by atoms with van der Waals surface area (Å²) in [5.74, 6) is 0.0550. The molecule has 1 fully saturated rings. The zero-order chi connectivity index (χ0) is 16.2. The van der Waals surface area contributed by atoms with E-state index in [0.29, 0.717) is 11.5 Å². The fourth-order valence-electron chi connectivity index (χ4n) is 2.76. The monoisotopic (exact) mass is 311 g/mol. The summed E-state index contributed by atoms with van der Waals surface area (Å²) in [7, 11) is 0. The Hall–Kier alpha value is -2.83. The van der Waals surface area contributed by atoms with Crippen LogP contribution in [0, 0.1) is 0 Å². The van der Waals surface area contributed by atoms with Gasteiger partial charge in [0.2, 0.25) is 5.91 Å². The average molecular weight is 311 g/mol. The molecule has 118 valence electrons. The minimum atomic E-state index is -0.347. The van der Waals surface area contributed by atoms with Gasteiger partial charge in [-0.25, -0.2) is 9.97 Å². The van der Waals surface area contributed by atoms with Crippen LogP contribution in [-0.2, 0) is 4.79 Å². The normalized spacial score (nSPS) is 17.1. The molecule has 2 amide bonds. The molecule has 1 aliphatic heterocycles. The Morgan fingerprint density at radius 2 is 2.17 bits per heavy atom. The molecule has 0 aromatic carbocycles. The third kappa shape index (κ3) is 3.33. The van der Waals surface area contributed by atoms with Gasteiger partial charge in [-0.2, -0.15) is 0 Å². The molecule has 0 unspecified atom stereocenters. The first-order valence-electron chi connectivity index (χ1n) is 7.46. The standard InChI is InChI=1S/C16H17N5O2/c1-11(22)21-9-3-6-14(21)12-4-2-5-13(19-12)16(23)20-15-10-17-7-8-18-15/h2,4-5,7-8,10,14H,3,6,9H2,1H3,(H,18,20,23)/t14-/m1/s1. The number of pyridine rings is 1. The number of aromatic nitrogens is 3. The van der Waals surface area contributed by atoms with Crippen LogP contribution in [0.2, 0.25) is 0 Å². The number of rotatable bonds is 3. The number of likely N-dealkylation sites (tertiary alicyclic amines) is 1. The van der Waals surface area contributed by atoms with E-state index in [1.807, 2.05) is 6.07 Å². The first-order valence-corrected chi connectivity index (χ1v) is 7.46. The van der Waals surface area contributed by atoms with Crippen molar-refractivity contribution < 1.29 is 9.59 Å². The highest BCUT2D eigenvalue weighted by Crippen LogP contribution is 2.30. The molecule has 0 saturated carbocycles. The zero-order valence-electron chi connectivity index (χ0n) is 12.8. The predicted octanol–water partition coefficient (Wildman–Crippen LogP) is 1.81. The number of nitrogens with one attached hydrogen (secondary N) is 1. The lowest BCUT2D eigenvalue weighted by Crippen LogP contribution is -2.29. The van der Waals surface area contributed by atoms with E-state index >= 15 is 0 Å². The summed E-state index contributed by atoms with van der Waals surface area (Å²) in [6.07, 6.45) is 6.31. The Morgan fingerprint density at radius 3 is 2.91 bits per heavy atom. The van der Waals surface area contributed by atoms with Crippen molar-refractivity contribution in [2.45, 2.75) is 25.8 Å². The van der Waals surface area contributed by atoms with Gasteiger partial charge in [-0.15, -0.1) is 0 Å². The fraction of sp³-hybridized carbons (Fsp3) is 0.312. The van der Waals surface area contributed by atoms with Gasteiger partial charge >= 0.3 is 0 Å². The van der Waals surface area contributed by atoms with E-state index in [9.17, 15) is 9.59 Å². The molecule has 7 heteroatoms. The van der Waals surface area contributed by atoms with E-state index < -0.39 is 0 Å². The van der Waals surface area contributed by atoms with Gasteiger partial charge in [0, 0.05) is 25.9 Å². The third-order valence-corrected chi connectivity index (χ3v) is 3.81. The summed E-state index contributed by atoms with van der Waals surface area (Å²) < 4.78 is 0. The molecule has 3 heterocycles. The van der Waals surface area contributed by atoms with Gasteiger partial charge in [-0.05, 0) is 25.0 Å². The first-order chi connectivity index (χ1) is 11.1. The van der Waals surface area contributed by atoms with Crippen molar-refractivity contribution in [3.05, 3.63) is 48.2 Å². The summed E-state index contributed by atoms with van der Waals surface area (Å²) in [4.78, 5) is 38.1. The SMILES string of the molecule is CC(=O)N1CCC[C@@H]1c1cccc(C(=O)Nc2cnccn2)n1. The molecule has 1 saturated heterocycles. The summed E-state index contributed by atoms with van der Waals surface area (Å²) in [5.41, 5.74) is 1.04. The van der Waals surface area contributed by atoms with Crippen molar-refractivity contribution in [1.29, 1.82) is 0 Å². The highest BCUT2D eigenvalue weighted by molar-refractivity contribution is 6.02. The maximum Gasteiger partial charge on any atom is 0.275 e. The predicted molar refractivity (Wildman–Crippen MR) is 83.6 cm³/mol. The van der Waals surface area contributed by atoms with Crippen molar-refractivity contribution >= 4 is 17.6 Å². The molecular weight excluding hydrogens is 294 g/mol. The molecule has 0 spiro atoms. The minimum Gasteiger partial charge on any atom is -0.334 e. The quantitative estimate of drug-likeness (QED) is 0.934. The highest BCUT2D eigenvalue weighted by atomic mass is 16.2. The van der Waals surface area contributed by atoms with E-state index in [2.05, 4.69) is 20.3 Å².